The van der Waals surface area contributed by atoms with Crippen molar-refractivity contribution in [3.63, 3.8) is 0 Å². The lowest BCUT2D eigenvalue weighted by Gasteiger charge is -2.30. The zero-order valence-corrected chi connectivity index (χ0v) is 12.9. The fourth-order valence-electron chi connectivity index (χ4n) is 3.55. The second kappa shape index (κ2) is 6.06. The van der Waals surface area contributed by atoms with Crippen molar-refractivity contribution in [1.82, 2.24) is 10.2 Å². The molecule has 114 valence electrons. The molecule has 1 saturated heterocycles. The SMILES string of the molecule is CC1CC(C(=O)NCC2CCN(C)C2)c2ccccc2N1. The molecule has 3 rings (SSSR count). The van der Waals surface area contributed by atoms with Crippen molar-refractivity contribution >= 4 is 11.6 Å². The van der Waals surface area contributed by atoms with Crippen molar-refractivity contribution in [3.05, 3.63) is 29.8 Å². The summed E-state index contributed by atoms with van der Waals surface area (Å²) in [5, 5.41) is 6.64. The summed E-state index contributed by atoms with van der Waals surface area (Å²) in [5.74, 6) is 0.773. The molecule has 0 bridgehead atoms. The first-order valence-electron chi connectivity index (χ1n) is 7.95. The number of para-hydroxylation sites is 1. The normalized spacial score (nSPS) is 28.8. The molecule has 2 aliphatic rings. The number of carbonyl (C=O) groups excluding carboxylic acids is 1. The van der Waals surface area contributed by atoms with Crippen molar-refractivity contribution < 1.29 is 4.79 Å². The maximum atomic E-state index is 12.6. The molecule has 2 heterocycles. The molecule has 0 aliphatic carbocycles. The second-order valence-electron chi connectivity index (χ2n) is 6.58. The van der Waals surface area contributed by atoms with Gasteiger partial charge in [0, 0.05) is 24.8 Å². The number of hydrogen-bond acceptors (Lipinski definition) is 3. The summed E-state index contributed by atoms with van der Waals surface area (Å²) in [7, 11) is 2.15. The molecule has 4 nitrogen and oxygen atoms in total. The largest absolute Gasteiger partial charge is 0.382 e. The summed E-state index contributed by atoms with van der Waals surface area (Å²) in [6.07, 6.45) is 2.06. The van der Waals surface area contributed by atoms with Crippen LogP contribution < -0.4 is 10.6 Å². The Bertz CT molecular complexity index is 517. The number of amides is 1. The molecule has 2 N–H and O–H groups in total. The van der Waals surface area contributed by atoms with Crippen LogP contribution in [-0.2, 0) is 4.79 Å². The molecule has 1 aromatic rings. The summed E-state index contributed by atoms with van der Waals surface area (Å²) in [6.45, 7) is 5.19. The molecule has 3 unspecified atom stereocenters. The van der Waals surface area contributed by atoms with Gasteiger partial charge in [-0.3, -0.25) is 4.79 Å². The first-order valence-corrected chi connectivity index (χ1v) is 7.95. The molecule has 1 fully saturated rings. The quantitative estimate of drug-likeness (QED) is 0.894. The Hall–Kier alpha value is -1.55. The van der Waals surface area contributed by atoms with Gasteiger partial charge in [0.2, 0.25) is 5.91 Å². The highest BCUT2D eigenvalue weighted by atomic mass is 16.1. The Balaban J connectivity index is 1.64. The Morgan fingerprint density at radius 3 is 3.00 bits per heavy atom. The van der Waals surface area contributed by atoms with E-state index in [1.54, 1.807) is 0 Å². The average molecular weight is 287 g/mol. The number of hydrogen-bond donors (Lipinski definition) is 2. The predicted molar refractivity (Wildman–Crippen MR) is 85.5 cm³/mol. The second-order valence-corrected chi connectivity index (χ2v) is 6.58. The number of anilines is 1. The summed E-state index contributed by atoms with van der Waals surface area (Å²) in [4.78, 5) is 14.9. The molecule has 0 saturated carbocycles. The van der Waals surface area contributed by atoms with E-state index in [0.29, 0.717) is 12.0 Å². The number of nitrogens with one attached hydrogen (secondary N) is 2. The van der Waals surface area contributed by atoms with E-state index in [1.165, 1.54) is 6.42 Å². The van der Waals surface area contributed by atoms with Gasteiger partial charge in [-0.15, -0.1) is 0 Å². The highest BCUT2D eigenvalue weighted by Gasteiger charge is 2.30. The fraction of sp³-hybridized carbons (Fsp3) is 0.588. The van der Waals surface area contributed by atoms with Crippen LogP contribution in [0.5, 0.6) is 0 Å². The third kappa shape index (κ3) is 3.21. The molecule has 1 aromatic carbocycles. The first-order chi connectivity index (χ1) is 10.1. The third-order valence-corrected chi connectivity index (χ3v) is 4.70. The Labute approximate surface area is 126 Å². The summed E-state index contributed by atoms with van der Waals surface area (Å²) < 4.78 is 0. The van der Waals surface area contributed by atoms with Crippen LogP contribution in [0, 0.1) is 5.92 Å². The lowest BCUT2D eigenvalue weighted by Crippen LogP contribution is -2.38. The van der Waals surface area contributed by atoms with Crippen molar-refractivity contribution in [3.8, 4) is 0 Å². The van der Waals surface area contributed by atoms with Gasteiger partial charge >= 0.3 is 0 Å². The Kier molecular flexibility index (Phi) is 4.15. The van der Waals surface area contributed by atoms with Crippen molar-refractivity contribution in [2.75, 3.05) is 32.0 Å². The van der Waals surface area contributed by atoms with E-state index in [-0.39, 0.29) is 11.8 Å². The van der Waals surface area contributed by atoms with Crippen LogP contribution in [0.25, 0.3) is 0 Å². The van der Waals surface area contributed by atoms with Crippen LogP contribution in [-0.4, -0.2) is 43.5 Å². The molecule has 0 aromatic heterocycles. The lowest BCUT2D eigenvalue weighted by atomic mass is 9.86. The Morgan fingerprint density at radius 1 is 1.43 bits per heavy atom. The minimum Gasteiger partial charge on any atom is -0.382 e. The van der Waals surface area contributed by atoms with Crippen LogP contribution in [0.3, 0.4) is 0 Å². The third-order valence-electron chi connectivity index (χ3n) is 4.70. The highest BCUT2D eigenvalue weighted by Crippen LogP contribution is 2.34. The molecular weight excluding hydrogens is 262 g/mol. The van der Waals surface area contributed by atoms with Gasteiger partial charge in [0.1, 0.15) is 0 Å². The van der Waals surface area contributed by atoms with Crippen molar-refractivity contribution in [2.45, 2.75) is 31.7 Å². The molecule has 0 spiro atoms. The molecule has 0 radical (unpaired) electrons. The molecule has 21 heavy (non-hydrogen) atoms. The lowest BCUT2D eigenvalue weighted by molar-refractivity contribution is -0.123. The smallest absolute Gasteiger partial charge is 0.227 e. The predicted octanol–water partition coefficient (Wildman–Crippen LogP) is 2.04. The Morgan fingerprint density at radius 2 is 2.24 bits per heavy atom. The van der Waals surface area contributed by atoms with Gasteiger partial charge in [0.15, 0.2) is 0 Å². The van der Waals surface area contributed by atoms with Crippen LogP contribution in [0.1, 0.15) is 31.2 Å². The van der Waals surface area contributed by atoms with Crippen molar-refractivity contribution in [2.24, 2.45) is 5.92 Å². The van der Waals surface area contributed by atoms with E-state index in [2.05, 4.69) is 41.6 Å². The molecule has 2 aliphatic heterocycles. The van der Waals surface area contributed by atoms with E-state index >= 15 is 0 Å². The van der Waals surface area contributed by atoms with E-state index in [9.17, 15) is 4.79 Å². The maximum absolute atomic E-state index is 12.6. The average Bonchev–Trinajstić information content (AvgIpc) is 2.89. The minimum atomic E-state index is -0.0171. The summed E-state index contributed by atoms with van der Waals surface area (Å²) >= 11 is 0. The summed E-state index contributed by atoms with van der Waals surface area (Å²) in [6, 6.07) is 8.52. The topological polar surface area (TPSA) is 44.4 Å². The maximum Gasteiger partial charge on any atom is 0.227 e. The van der Waals surface area contributed by atoms with E-state index in [4.69, 9.17) is 0 Å². The van der Waals surface area contributed by atoms with Gasteiger partial charge in [-0.2, -0.15) is 0 Å². The van der Waals surface area contributed by atoms with Crippen molar-refractivity contribution in [1.29, 1.82) is 0 Å². The molecule has 4 heteroatoms. The van der Waals surface area contributed by atoms with Crippen LogP contribution in [0.4, 0.5) is 5.69 Å². The molecular formula is C17H25N3O. The number of likely N-dealkylation sites (tertiary alicyclic amines) is 1. The van der Waals surface area contributed by atoms with Gasteiger partial charge in [0.25, 0.3) is 0 Å². The van der Waals surface area contributed by atoms with Gasteiger partial charge in [-0.1, -0.05) is 18.2 Å². The number of rotatable bonds is 3. The van der Waals surface area contributed by atoms with Gasteiger partial charge < -0.3 is 15.5 Å². The van der Waals surface area contributed by atoms with Crippen LogP contribution >= 0.6 is 0 Å². The van der Waals surface area contributed by atoms with E-state index in [1.807, 2.05) is 12.1 Å². The van der Waals surface area contributed by atoms with E-state index in [0.717, 1.165) is 37.3 Å². The standard InChI is InChI=1S/C17H25N3O/c1-12-9-15(14-5-3-4-6-16(14)19-12)17(21)18-10-13-7-8-20(2)11-13/h3-6,12-13,15,19H,7-11H2,1-2H3,(H,18,21). The van der Waals surface area contributed by atoms with Crippen LogP contribution in [0.2, 0.25) is 0 Å². The van der Waals surface area contributed by atoms with Gasteiger partial charge in [0.05, 0.1) is 5.92 Å². The minimum absolute atomic E-state index is 0.0171. The van der Waals surface area contributed by atoms with Crippen LogP contribution in [0.15, 0.2) is 24.3 Å². The molecule has 3 atom stereocenters. The summed E-state index contributed by atoms with van der Waals surface area (Å²) in [5.41, 5.74) is 2.24. The number of nitrogens with zero attached hydrogens (tertiary/aromatic N) is 1. The number of fused-ring (bicyclic) bond motifs is 1. The fourth-order valence-corrected chi connectivity index (χ4v) is 3.55. The molecule has 1 amide bonds. The number of benzene rings is 1. The highest BCUT2D eigenvalue weighted by molar-refractivity contribution is 5.86. The number of carbonyl (C=O) groups is 1. The van der Waals surface area contributed by atoms with E-state index < -0.39 is 0 Å². The zero-order valence-electron chi connectivity index (χ0n) is 12.9. The monoisotopic (exact) mass is 287 g/mol. The zero-order chi connectivity index (χ0) is 14.8. The van der Waals surface area contributed by atoms with Gasteiger partial charge in [-0.05, 0) is 50.9 Å². The van der Waals surface area contributed by atoms with Gasteiger partial charge in [-0.25, -0.2) is 0 Å². The first kappa shape index (κ1) is 14.4.